The van der Waals surface area contributed by atoms with Crippen LogP contribution in [0, 0.1) is 0 Å². The first-order chi connectivity index (χ1) is 7.41. The topological polar surface area (TPSA) is 105 Å². The van der Waals surface area contributed by atoms with E-state index in [0.29, 0.717) is 24.5 Å². The number of rotatable bonds is 2. The summed E-state index contributed by atoms with van der Waals surface area (Å²) in [6.45, 7) is 2.91. The van der Waals surface area contributed by atoms with Crippen molar-refractivity contribution in [3.8, 4) is 0 Å². The molecule has 88 valence electrons. The maximum absolute atomic E-state index is 11.2. The number of carbonyl (C=O) groups is 1. The van der Waals surface area contributed by atoms with Crippen LogP contribution in [0.15, 0.2) is 0 Å². The number of amides is 1. The number of aliphatic hydroxyl groups is 1. The molecule has 1 aromatic rings. The predicted molar refractivity (Wildman–Crippen MR) is 62.5 cm³/mol. The first-order valence-corrected chi connectivity index (χ1v) is 5.70. The molecule has 1 aliphatic rings. The van der Waals surface area contributed by atoms with Crippen LogP contribution >= 0.6 is 11.5 Å². The van der Waals surface area contributed by atoms with Crippen LogP contribution in [-0.4, -0.2) is 34.1 Å². The molecular weight excluding hydrogens is 228 g/mol. The number of β-amino-alcohol motifs (C(OH)–C–C–N with tert-alkyl or cyclic N) is 1. The van der Waals surface area contributed by atoms with E-state index >= 15 is 0 Å². The smallest absolute Gasteiger partial charge is 0.255 e. The molecule has 0 aromatic carbocycles. The first kappa shape index (κ1) is 11.2. The lowest BCUT2D eigenvalue weighted by Gasteiger charge is -2.19. The largest absolute Gasteiger partial charge is 0.388 e. The van der Waals surface area contributed by atoms with Crippen LogP contribution in [0.3, 0.4) is 0 Å². The summed E-state index contributed by atoms with van der Waals surface area (Å²) in [6, 6.07) is 0. The van der Waals surface area contributed by atoms with E-state index in [1.165, 1.54) is 0 Å². The lowest BCUT2D eigenvalue weighted by Crippen LogP contribution is -2.30. The van der Waals surface area contributed by atoms with Gasteiger partial charge in [0.25, 0.3) is 5.91 Å². The summed E-state index contributed by atoms with van der Waals surface area (Å²) in [4.78, 5) is 13.1. The number of primary amides is 1. The Morgan fingerprint density at radius 2 is 2.38 bits per heavy atom. The molecule has 1 atom stereocenters. The van der Waals surface area contributed by atoms with E-state index in [2.05, 4.69) is 4.37 Å². The summed E-state index contributed by atoms with van der Waals surface area (Å²) < 4.78 is 3.93. The van der Waals surface area contributed by atoms with Crippen molar-refractivity contribution in [3.05, 3.63) is 5.56 Å². The number of nitrogens with two attached hydrogens (primary N) is 2. The van der Waals surface area contributed by atoms with Gasteiger partial charge in [-0.1, -0.05) is 0 Å². The van der Waals surface area contributed by atoms with E-state index in [-0.39, 0.29) is 11.4 Å². The third-order valence-electron chi connectivity index (χ3n) is 2.69. The molecule has 0 bridgehead atoms. The number of hydrogen-bond acceptors (Lipinski definition) is 6. The molecule has 1 fully saturated rings. The zero-order valence-electron chi connectivity index (χ0n) is 8.93. The molecule has 0 aliphatic carbocycles. The summed E-state index contributed by atoms with van der Waals surface area (Å²) in [5, 5.41) is 10.5. The Labute approximate surface area is 97.0 Å². The van der Waals surface area contributed by atoms with E-state index in [0.717, 1.165) is 11.5 Å². The number of nitrogen functional groups attached to an aromatic ring is 1. The molecule has 1 aliphatic heterocycles. The summed E-state index contributed by atoms with van der Waals surface area (Å²) in [7, 11) is 0. The summed E-state index contributed by atoms with van der Waals surface area (Å²) in [6.07, 6.45) is 0.656. The number of nitrogens with zero attached hydrogens (tertiary/aromatic N) is 2. The van der Waals surface area contributed by atoms with E-state index in [1.54, 1.807) is 6.92 Å². The molecule has 2 rings (SSSR count). The fourth-order valence-electron chi connectivity index (χ4n) is 1.86. The van der Waals surface area contributed by atoms with E-state index in [1.807, 2.05) is 4.90 Å². The minimum Gasteiger partial charge on any atom is -0.388 e. The fraction of sp³-hybridized carbons (Fsp3) is 0.556. The zero-order chi connectivity index (χ0) is 11.9. The molecule has 2 heterocycles. The van der Waals surface area contributed by atoms with Gasteiger partial charge in [0.15, 0.2) is 5.82 Å². The van der Waals surface area contributed by atoms with Crippen LogP contribution < -0.4 is 16.4 Å². The molecule has 1 unspecified atom stereocenters. The highest BCUT2D eigenvalue weighted by molar-refractivity contribution is 7.11. The molecule has 1 saturated heterocycles. The molecule has 0 saturated carbocycles. The highest BCUT2D eigenvalue weighted by atomic mass is 32.1. The third-order valence-corrected chi connectivity index (χ3v) is 3.61. The lowest BCUT2D eigenvalue weighted by molar-refractivity contribution is 0.0838. The van der Waals surface area contributed by atoms with Crippen LogP contribution in [0.2, 0.25) is 0 Å². The Kier molecular flexibility index (Phi) is 2.51. The Hall–Kier alpha value is -1.34. The van der Waals surface area contributed by atoms with Gasteiger partial charge in [0, 0.05) is 13.1 Å². The van der Waals surface area contributed by atoms with Gasteiger partial charge >= 0.3 is 0 Å². The lowest BCUT2D eigenvalue weighted by atomic mass is 10.1. The summed E-state index contributed by atoms with van der Waals surface area (Å²) in [5.41, 5.74) is 10.4. The van der Waals surface area contributed by atoms with Crippen molar-refractivity contribution in [2.24, 2.45) is 5.73 Å². The van der Waals surface area contributed by atoms with Gasteiger partial charge in [0.1, 0.15) is 10.6 Å². The van der Waals surface area contributed by atoms with Crippen LogP contribution in [0.25, 0.3) is 0 Å². The Bertz CT molecular complexity index is 429. The molecule has 0 spiro atoms. The van der Waals surface area contributed by atoms with Crippen molar-refractivity contribution in [2.75, 3.05) is 23.7 Å². The standard InChI is InChI=1S/C9H14N4O2S/c1-9(15)2-3-13(4-9)8-5(7(11)14)6(10)12-16-8/h15H,2-4H2,1H3,(H2,10,12)(H2,11,14). The van der Waals surface area contributed by atoms with Crippen molar-refractivity contribution in [2.45, 2.75) is 18.9 Å². The van der Waals surface area contributed by atoms with Crippen LogP contribution in [0.1, 0.15) is 23.7 Å². The van der Waals surface area contributed by atoms with Crippen molar-refractivity contribution in [1.82, 2.24) is 4.37 Å². The Morgan fingerprint density at radius 3 is 2.88 bits per heavy atom. The second-order valence-corrected chi connectivity index (χ2v) is 5.03. The molecular formula is C9H14N4O2S. The molecule has 1 aromatic heterocycles. The number of hydrogen-bond donors (Lipinski definition) is 3. The Balaban J connectivity index is 2.32. The SMILES string of the molecule is CC1(O)CCN(c2snc(N)c2C(N)=O)C1. The number of anilines is 2. The van der Waals surface area contributed by atoms with Gasteiger partial charge in [-0.25, -0.2) is 0 Å². The Morgan fingerprint density at radius 1 is 1.69 bits per heavy atom. The monoisotopic (exact) mass is 242 g/mol. The summed E-state index contributed by atoms with van der Waals surface area (Å²) in [5.74, 6) is -0.410. The van der Waals surface area contributed by atoms with Crippen molar-refractivity contribution >= 4 is 28.3 Å². The maximum atomic E-state index is 11.2. The molecule has 6 nitrogen and oxygen atoms in total. The average molecular weight is 242 g/mol. The minimum absolute atomic E-state index is 0.166. The number of aromatic nitrogens is 1. The average Bonchev–Trinajstić information content (AvgIpc) is 2.68. The molecule has 16 heavy (non-hydrogen) atoms. The van der Waals surface area contributed by atoms with Crippen LogP contribution in [0.4, 0.5) is 10.8 Å². The fourth-order valence-corrected chi connectivity index (χ4v) is 2.70. The molecule has 5 N–H and O–H groups in total. The van der Waals surface area contributed by atoms with E-state index in [9.17, 15) is 9.90 Å². The van der Waals surface area contributed by atoms with Gasteiger partial charge in [-0.2, -0.15) is 4.37 Å². The van der Waals surface area contributed by atoms with Crippen LogP contribution in [0.5, 0.6) is 0 Å². The molecule has 7 heteroatoms. The third kappa shape index (κ3) is 1.83. The first-order valence-electron chi connectivity index (χ1n) is 4.93. The molecule has 1 amide bonds. The van der Waals surface area contributed by atoms with Gasteiger partial charge in [-0.3, -0.25) is 4.79 Å². The minimum atomic E-state index is -0.729. The molecule has 0 radical (unpaired) electrons. The van der Waals surface area contributed by atoms with E-state index < -0.39 is 11.5 Å². The van der Waals surface area contributed by atoms with E-state index in [4.69, 9.17) is 11.5 Å². The van der Waals surface area contributed by atoms with Crippen LogP contribution in [-0.2, 0) is 0 Å². The normalized spacial score (nSPS) is 25.0. The number of carbonyl (C=O) groups excluding carboxylic acids is 1. The van der Waals surface area contributed by atoms with Crippen molar-refractivity contribution < 1.29 is 9.90 Å². The van der Waals surface area contributed by atoms with Gasteiger partial charge in [-0.05, 0) is 24.9 Å². The maximum Gasteiger partial charge on any atom is 0.255 e. The highest BCUT2D eigenvalue weighted by Crippen LogP contribution is 2.34. The quantitative estimate of drug-likeness (QED) is 0.665. The second kappa shape index (κ2) is 3.60. The summed E-state index contributed by atoms with van der Waals surface area (Å²) >= 11 is 1.14. The zero-order valence-corrected chi connectivity index (χ0v) is 9.75. The van der Waals surface area contributed by atoms with Gasteiger partial charge in [-0.15, -0.1) is 0 Å². The van der Waals surface area contributed by atoms with Gasteiger partial charge in [0.05, 0.1) is 5.60 Å². The van der Waals surface area contributed by atoms with Gasteiger partial charge < -0.3 is 21.5 Å². The van der Waals surface area contributed by atoms with Crippen molar-refractivity contribution in [1.29, 1.82) is 0 Å². The second-order valence-electron chi connectivity index (χ2n) is 4.28. The van der Waals surface area contributed by atoms with Gasteiger partial charge in [0.2, 0.25) is 0 Å². The van der Waals surface area contributed by atoms with Crippen molar-refractivity contribution in [3.63, 3.8) is 0 Å². The predicted octanol–water partition coefficient (Wildman–Crippen LogP) is -0.215. The highest BCUT2D eigenvalue weighted by Gasteiger charge is 2.34.